The van der Waals surface area contributed by atoms with Crippen LogP contribution in [0, 0.1) is 0 Å². The van der Waals surface area contributed by atoms with Crippen molar-refractivity contribution in [1.29, 1.82) is 0 Å². The second kappa shape index (κ2) is 5.48. The minimum absolute atomic E-state index is 0.0470. The Bertz CT molecular complexity index is 604. The Morgan fingerprint density at radius 3 is 3.05 bits per heavy atom. The van der Waals surface area contributed by atoms with Gasteiger partial charge in [0.15, 0.2) is 0 Å². The van der Waals surface area contributed by atoms with Crippen LogP contribution in [0.4, 0.5) is 0 Å². The molecule has 4 nitrogen and oxygen atoms in total. The lowest BCUT2D eigenvalue weighted by Crippen LogP contribution is -2.41. The Balaban J connectivity index is 1.70. The zero-order valence-corrected chi connectivity index (χ0v) is 12.9. The van der Waals surface area contributed by atoms with E-state index in [9.17, 15) is 5.11 Å². The van der Waals surface area contributed by atoms with Gasteiger partial charge >= 0.3 is 0 Å². The highest BCUT2D eigenvalue weighted by Gasteiger charge is 2.32. The number of fused-ring (bicyclic) bond motifs is 1. The third kappa shape index (κ3) is 2.91. The first-order valence-corrected chi connectivity index (χ1v) is 7.58. The van der Waals surface area contributed by atoms with Crippen LogP contribution in [0.5, 0.6) is 0 Å². The van der Waals surface area contributed by atoms with Crippen LogP contribution in [0.3, 0.4) is 0 Å². The van der Waals surface area contributed by atoms with Crippen molar-refractivity contribution in [2.75, 3.05) is 19.8 Å². The monoisotopic (exact) mass is 339 g/mol. The number of ether oxygens (including phenoxy) is 1. The molecule has 5 heteroatoms. The van der Waals surface area contributed by atoms with Crippen LogP contribution in [0.15, 0.2) is 33.2 Å². The molecule has 1 aromatic heterocycles. The predicted octanol–water partition coefficient (Wildman–Crippen LogP) is 3.00. The fourth-order valence-electron chi connectivity index (χ4n) is 2.43. The molecule has 2 aromatic rings. The molecular formula is C15H18BrNO3. The second-order valence-electron chi connectivity index (χ2n) is 5.46. The minimum Gasteiger partial charge on any atom is -0.459 e. The summed E-state index contributed by atoms with van der Waals surface area (Å²) in [6.07, 6.45) is 0.680. The summed E-state index contributed by atoms with van der Waals surface area (Å²) in [5.41, 5.74) is 0.128. The van der Waals surface area contributed by atoms with Gasteiger partial charge in [-0.1, -0.05) is 15.9 Å². The number of aliphatic hydroxyl groups is 1. The number of hydrogen-bond donors (Lipinski definition) is 2. The molecule has 2 N–H and O–H groups in total. The van der Waals surface area contributed by atoms with Crippen LogP contribution >= 0.6 is 15.9 Å². The van der Waals surface area contributed by atoms with E-state index in [4.69, 9.17) is 9.15 Å². The van der Waals surface area contributed by atoms with Crippen LogP contribution in [-0.2, 0) is 4.74 Å². The lowest BCUT2D eigenvalue weighted by atomic mass is 10.0. The van der Waals surface area contributed by atoms with Gasteiger partial charge in [-0.05, 0) is 31.2 Å². The molecule has 1 aliphatic heterocycles. The van der Waals surface area contributed by atoms with Gasteiger partial charge in [0.05, 0.1) is 12.6 Å². The van der Waals surface area contributed by atoms with Gasteiger partial charge in [-0.3, -0.25) is 0 Å². The Hall–Kier alpha value is -0.880. The number of halogens is 1. The molecule has 0 bridgehead atoms. The van der Waals surface area contributed by atoms with E-state index in [1.165, 1.54) is 0 Å². The van der Waals surface area contributed by atoms with Gasteiger partial charge in [-0.2, -0.15) is 0 Å². The molecule has 0 amide bonds. The van der Waals surface area contributed by atoms with Crippen molar-refractivity contribution in [2.45, 2.75) is 25.0 Å². The van der Waals surface area contributed by atoms with E-state index in [0.29, 0.717) is 26.2 Å². The third-order valence-corrected chi connectivity index (χ3v) is 4.24. The average molecular weight is 340 g/mol. The Morgan fingerprint density at radius 2 is 2.30 bits per heavy atom. The molecule has 1 fully saturated rings. The lowest BCUT2D eigenvalue weighted by Gasteiger charge is -2.22. The summed E-state index contributed by atoms with van der Waals surface area (Å²) in [5.74, 6) is 0.876. The van der Waals surface area contributed by atoms with Gasteiger partial charge in [-0.15, -0.1) is 0 Å². The van der Waals surface area contributed by atoms with Gasteiger partial charge < -0.3 is 19.6 Å². The quantitative estimate of drug-likeness (QED) is 0.899. The molecule has 1 aliphatic rings. The van der Waals surface area contributed by atoms with E-state index in [2.05, 4.69) is 21.2 Å². The van der Waals surface area contributed by atoms with E-state index in [1.807, 2.05) is 31.2 Å². The number of nitrogens with one attached hydrogen (secondary N) is 1. The molecule has 1 saturated heterocycles. The average Bonchev–Trinajstić information content (AvgIpc) is 3.02. The first-order chi connectivity index (χ1) is 9.56. The molecule has 2 atom stereocenters. The molecule has 0 saturated carbocycles. The first kappa shape index (κ1) is 14.1. The zero-order chi connectivity index (χ0) is 14.2. The minimum atomic E-state index is -0.747. The molecule has 2 heterocycles. The van der Waals surface area contributed by atoms with Crippen LogP contribution in [0.2, 0.25) is 0 Å². The van der Waals surface area contributed by atoms with Crippen molar-refractivity contribution in [1.82, 2.24) is 5.32 Å². The lowest BCUT2D eigenvalue weighted by molar-refractivity contribution is 0.0247. The Morgan fingerprint density at radius 1 is 1.45 bits per heavy atom. The summed E-state index contributed by atoms with van der Waals surface area (Å²) in [5, 5.41) is 14.6. The molecule has 0 aliphatic carbocycles. The van der Waals surface area contributed by atoms with E-state index >= 15 is 0 Å². The first-order valence-electron chi connectivity index (χ1n) is 6.78. The molecule has 0 unspecified atom stereocenters. The van der Waals surface area contributed by atoms with Crippen molar-refractivity contribution < 1.29 is 14.3 Å². The van der Waals surface area contributed by atoms with Crippen molar-refractivity contribution in [3.63, 3.8) is 0 Å². The zero-order valence-electron chi connectivity index (χ0n) is 11.4. The van der Waals surface area contributed by atoms with E-state index in [0.717, 1.165) is 21.2 Å². The van der Waals surface area contributed by atoms with Crippen LogP contribution < -0.4 is 5.32 Å². The Labute approximate surface area is 126 Å². The standard InChI is InChI=1S/C15H18BrNO3/c1-10(17-8-15(18)4-5-19-9-15)14-7-11-6-12(16)2-3-13(11)20-14/h2-3,6-7,10,17-18H,4-5,8-9H2,1H3/t10-,15+/m1/s1. The molecular weight excluding hydrogens is 322 g/mol. The smallest absolute Gasteiger partial charge is 0.134 e. The van der Waals surface area contributed by atoms with Crippen LogP contribution in [0.25, 0.3) is 11.0 Å². The molecule has 108 valence electrons. The predicted molar refractivity (Wildman–Crippen MR) is 80.7 cm³/mol. The SMILES string of the molecule is C[C@@H](NC[C@@]1(O)CCOC1)c1cc2cc(Br)ccc2o1. The largest absolute Gasteiger partial charge is 0.459 e. The summed E-state index contributed by atoms with van der Waals surface area (Å²) in [7, 11) is 0. The summed E-state index contributed by atoms with van der Waals surface area (Å²) in [6.45, 7) is 3.58. The maximum absolute atomic E-state index is 10.2. The van der Waals surface area contributed by atoms with Crippen molar-refractivity contribution in [3.8, 4) is 0 Å². The van der Waals surface area contributed by atoms with Gasteiger partial charge in [0.25, 0.3) is 0 Å². The summed E-state index contributed by atoms with van der Waals surface area (Å²) in [6, 6.07) is 8.03. The molecule has 0 spiro atoms. The molecule has 20 heavy (non-hydrogen) atoms. The van der Waals surface area contributed by atoms with Crippen molar-refractivity contribution >= 4 is 26.9 Å². The summed E-state index contributed by atoms with van der Waals surface area (Å²) >= 11 is 3.46. The van der Waals surface area contributed by atoms with Gasteiger partial charge in [0.2, 0.25) is 0 Å². The summed E-state index contributed by atoms with van der Waals surface area (Å²) < 4.78 is 12.1. The fourth-order valence-corrected chi connectivity index (χ4v) is 2.81. The second-order valence-corrected chi connectivity index (χ2v) is 6.38. The highest BCUT2D eigenvalue weighted by molar-refractivity contribution is 9.10. The van der Waals surface area contributed by atoms with E-state index in [-0.39, 0.29) is 6.04 Å². The normalized spacial score (nSPS) is 24.4. The van der Waals surface area contributed by atoms with Crippen molar-refractivity contribution in [3.05, 3.63) is 34.5 Å². The number of furan rings is 1. The highest BCUT2D eigenvalue weighted by Crippen LogP contribution is 2.27. The van der Waals surface area contributed by atoms with E-state index in [1.54, 1.807) is 0 Å². The summed E-state index contributed by atoms with van der Waals surface area (Å²) in [4.78, 5) is 0. The van der Waals surface area contributed by atoms with Crippen LogP contribution in [-0.4, -0.2) is 30.5 Å². The number of benzene rings is 1. The topological polar surface area (TPSA) is 54.6 Å². The maximum Gasteiger partial charge on any atom is 0.134 e. The highest BCUT2D eigenvalue weighted by atomic mass is 79.9. The van der Waals surface area contributed by atoms with Gasteiger partial charge in [0.1, 0.15) is 16.9 Å². The maximum atomic E-state index is 10.2. The molecule has 3 rings (SSSR count). The van der Waals surface area contributed by atoms with Gasteiger partial charge in [-0.25, -0.2) is 0 Å². The van der Waals surface area contributed by atoms with E-state index < -0.39 is 5.60 Å². The fraction of sp³-hybridized carbons (Fsp3) is 0.467. The number of hydrogen-bond acceptors (Lipinski definition) is 4. The van der Waals surface area contributed by atoms with Gasteiger partial charge in [0, 0.05) is 29.4 Å². The van der Waals surface area contributed by atoms with Crippen LogP contribution in [0.1, 0.15) is 25.1 Å². The van der Waals surface area contributed by atoms with Crippen molar-refractivity contribution in [2.24, 2.45) is 0 Å². The molecule has 1 aromatic carbocycles. The third-order valence-electron chi connectivity index (χ3n) is 3.74. The Kier molecular flexibility index (Phi) is 3.86. The molecule has 0 radical (unpaired) electrons. The number of rotatable bonds is 4.